The van der Waals surface area contributed by atoms with Crippen molar-refractivity contribution in [3.05, 3.63) is 77.2 Å². The van der Waals surface area contributed by atoms with Gasteiger partial charge in [0.25, 0.3) is 5.91 Å². The van der Waals surface area contributed by atoms with Crippen molar-refractivity contribution >= 4 is 33.5 Å². The number of nitrogens with one attached hydrogen (secondary N) is 1. The van der Waals surface area contributed by atoms with Gasteiger partial charge < -0.3 is 14.8 Å². The summed E-state index contributed by atoms with van der Waals surface area (Å²) < 4.78 is 11.5. The Morgan fingerprint density at radius 2 is 1.81 bits per heavy atom. The maximum Gasteiger partial charge on any atom is 0.344 e. The third kappa shape index (κ3) is 5.35. The van der Waals surface area contributed by atoms with Crippen molar-refractivity contribution in [2.24, 2.45) is 0 Å². The number of anilines is 1. The first-order valence-corrected chi connectivity index (χ1v) is 8.66. The van der Waals surface area contributed by atoms with Crippen LogP contribution in [-0.4, -0.2) is 28.5 Å². The van der Waals surface area contributed by atoms with Gasteiger partial charge in [-0.15, -0.1) is 0 Å². The van der Waals surface area contributed by atoms with Gasteiger partial charge in [0, 0.05) is 22.6 Å². The molecule has 8 heteroatoms. The average molecular weight is 428 g/mol. The van der Waals surface area contributed by atoms with Crippen molar-refractivity contribution in [3.63, 3.8) is 0 Å². The summed E-state index contributed by atoms with van der Waals surface area (Å²) in [5.74, 6) is -0.667. The monoisotopic (exact) mass is 427 g/mol. The molecule has 0 spiro atoms. The number of carbonyl (C=O) groups excluding carboxylic acids is 2. The van der Waals surface area contributed by atoms with E-state index in [0.717, 1.165) is 4.47 Å². The average Bonchev–Trinajstić information content (AvgIpc) is 2.69. The molecule has 0 aliphatic heterocycles. The molecular weight excluding hydrogens is 414 g/mol. The maximum absolute atomic E-state index is 12.3. The van der Waals surface area contributed by atoms with Crippen LogP contribution >= 0.6 is 15.9 Å². The highest BCUT2D eigenvalue weighted by Gasteiger charge is 2.17. The molecule has 0 fully saturated rings. The van der Waals surface area contributed by atoms with Crippen molar-refractivity contribution in [2.75, 3.05) is 11.9 Å². The number of amides is 1. The number of hydrogen-bond donors (Lipinski definition) is 1. The zero-order valence-electron chi connectivity index (χ0n) is 14.0. The normalized spacial score (nSPS) is 10.1. The number of rotatable bonds is 6. The van der Waals surface area contributed by atoms with Crippen LogP contribution in [-0.2, 0) is 9.53 Å². The number of esters is 1. The number of hydrogen-bond acceptors (Lipinski definition) is 6. The van der Waals surface area contributed by atoms with Gasteiger partial charge in [0.05, 0.1) is 6.20 Å². The van der Waals surface area contributed by atoms with Gasteiger partial charge in [0.2, 0.25) is 5.88 Å². The lowest BCUT2D eigenvalue weighted by Crippen LogP contribution is -2.21. The molecule has 136 valence electrons. The second-order valence-corrected chi connectivity index (χ2v) is 6.19. The number of nitrogens with zero attached hydrogens (tertiary/aromatic N) is 2. The molecule has 0 bridgehead atoms. The van der Waals surface area contributed by atoms with Gasteiger partial charge in [-0.3, -0.25) is 9.78 Å². The molecule has 2 heterocycles. The molecule has 1 aromatic carbocycles. The van der Waals surface area contributed by atoms with Crippen LogP contribution in [0, 0.1) is 0 Å². The van der Waals surface area contributed by atoms with E-state index in [1.165, 1.54) is 18.5 Å². The molecule has 3 aromatic rings. The summed E-state index contributed by atoms with van der Waals surface area (Å²) in [6, 6.07) is 13.5. The highest BCUT2D eigenvalue weighted by Crippen LogP contribution is 2.22. The van der Waals surface area contributed by atoms with E-state index >= 15 is 0 Å². The topological polar surface area (TPSA) is 90.4 Å². The number of ether oxygens (including phenoxy) is 2. The van der Waals surface area contributed by atoms with Gasteiger partial charge in [0.15, 0.2) is 6.61 Å². The van der Waals surface area contributed by atoms with Crippen LogP contribution in [0.2, 0.25) is 0 Å². The summed E-state index contributed by atoms with van der Waals surface area (Å²) in [5.41, 5.74) is 0.707. The lowest BCUT2D eigenvalue weighted by molar-refractivity contribution is -0.119. The first-order valence-electron chi connectivity index (χ1n) is 7.87. The highest BCUT2D eigenvalue weighted by atomic mass is 79.9. The van der Waals surface area contributed by atoms with E-state index in [9.17, 15) is 9.59 Å². The number of halogens is 1. The van der Waals surface area contributed by atoms with Crippen LogP contribution in [0.15, 0.2) is 71.6 Å². The Morgan fingerprint density at radius 3 is 2.56 bits per heavy atom. The van der Waals surface area contributed by atoms with Gasteiger partial charge in [-0.05, 0) is 48.5 Å². The van der Waals surface area contributed by atoms with Crippen molar-refractivity contribution < 1.29 is 19.1 Å². The van der Waals surface area contributed by atoms with Crippen molar-refractivity contribution in [2.45, 2.75) is 0 Å². The minimum Gasteiger partial charge on any atom is -0.452 e. The van der Waals surface area contributed by atoms with Crippen LogP contribution in [0.3, 0.4) is 0 Å². The van der Waals surface area contributed by atoms with Crippen LogP contribution in [0.1, 0.15) is 10.4 Å². The third-order valence-corrected chi connectivity index (χ3v) is 3.83. The van der Waals surface area contributed by atoms with E-state index in [4.69, 9.17) is 9.47 Å². The molecule has 0 atom stereocenters. The fourth-order valence-electron chi connectivity index (χ4n) is 2.09. The number of pyridine rings is 2. The Labute approximate surface area is 163 Å². The first-order chi connectivity index (χ1) is 13.1. The predicted octanol–water partition coefficient (Wildman–Crippen LogP) is 3.83. The third-order valence-electron chi connectivity index (χ3n) is 3.30. The largest absolute Gasteiger partial charge is 0.452 e. The second kappa shape index (κ2) is 8.91. The van der Waals surface area contributed by atoms with Crippen molar-refractivity contribution in [1.29, 1.82) is 0 Å². The summed E-state index contributed by atoms with van der Waals surface area (Å²) in [6.45, 7) is -0.434. The molecule has 7 nitrogen and oxygen atoms in total. The first kappa shape index (κ1) is 18.5. The fourth-order valence-corrected chi connectivity index (χ4v) is 2.35. The molecular formula is C19H14BrN3O4. The van der Waals surface area contributed by atoms with Gasteiger partial charge in [-0.25, -0.2) is 9.78 Å². The van der Waals surface area contributed by atoms with Crippen LogP contribution < -0.4 is 10.1 Å². The standard InChI is InChI=1S/C19H14BrN3O4/c20-13-5-7-14(8-6-13)23-17(24)12-26-19(25)16-4-2-10-22-18(16)27-15-3-1-9-21-11-15/h1-11H,12H2,(H,23,24). The molecule has 0 unspecified atom stereocenters. The molecule has 0 aliphatic carbocycles. The predicted molar refractivity (Wildman–Crippen MR) is 102 cm³/mol. The maximum atomic E-state index is 12.3. The van der Waals surface area contributed by atoms with Crippen molar-refractivity contribution in [3.8, 4) is 11.6 Å². The summed E-state index contributed by atoms with van der Waals surface area (Å²) in [5, 5.41) is 2.64. The van der Waals surface area contributed by atoms with E-state index in [0.29, 0.717) is 11.4 Å². The molecule has 1 amide bonds. The minimum absolute atomic E-state index is 0.0730. The quantitative estimate of drug-likeness (QED) is 0.601. The van der Waals surface area contributed by atoms with Gasteiger partial charge >= 0.3 is 5.97 Å². The Bertz CT molecular complexity index is 933. The fraction of sp³-hybridized carbons (Fsp3) is 0.0526. The smallest absolute Gasteiger partial charge is 0.344 e. The summed E-state index contributed by atoms with van der Waals surface area (Å²) in [7, 11) is 0. The number of benzene rings is 1. The van der Waals surface area contributed by atoms with Gasteiger partial charge in [0.1, 0.15) is 11.3 Å². The number of carbonyl (C=O) groups is 2. The minimum atomic E-state index is -0.715. The highest BCUT2D eigenvalue weighted by molar-refractivity contribution is 9.10. The molecule has 0 aliphatic rings. The summed E-state index contributed by atoms with van der Waals surface area (Å²) in [6.07, 6.45) is 4.59. The van der Waals surface area contributed by atoms with Gasteiger partial charge in [-0.2, -0.15) is 0 Å². The van der Waals surface area contributed by atoms with Crippen LogP contribution in [0.5, 0.6) is 11.6 Å². The molecule has 0 saturated heterocycles. The van der Waals surface area contributed by atoms with E-state index in [1.807, 2.05) is 0 Å². The van der Waals surface area contributed by atoms with E-state index in [2.05, 4.69) is 31.2 Å². The Hall–Kier alpha value is -3.26. The van der Waals surface area contributed by atoms with E-state index in [1.54, 1.807) is 48.7 Å². The Balaban J connectivity index is 1.61. The molecule has 27 heavy (non-hydrogen) atoms. The van der Waals surface area contributed by atoms with Crippen LogP contribution in [0.25, 0.3) is 0 Å². The summed E-state index contributed by atoms with van der Waals surface area (Å²) >= 11 is 3.31. The van der Waals surface area contributed by atoms with Crippen LogP contribution in [0.4, 0.5) is 5.69 Å². The van der Waals surface area contributed by atoms with Crippen molar-refractivity contribution in [1.82, 2.24) is 9.97 Å². The lowest BCUT2D eigenvalue weighted by atomic mass is 10.3. The Kier molecular flexibility index (Phi) is 6.11. The lowest BCUT2D eigenvalue weighted by Gasteiger charge is -2.10. The second-order valence-electron chi connectivity index (χ2n) is 5.28. The molecule has 0 saturated carbocycles. The molecule has 1 N–H and O–H groups in total. The summed E-state index contributed by atoms with van der Waals surface area (Å²) in [4.78, 5) is 32.2. The molecule has 0 radical (unpaired) electrons. The zero-order valence-corrected chi connectivity index (χ0v) is 15.5. The van der Waals surface area contributed by atoms with Gasteiger partial charge in [-0.1, -0.05) is 15.9 Å². The Morgan fingerprint density at radius 1 is 1.04 bits per heavy atom. The SMILES string of the molecule is O=C(COC(=O)c1cccnc1Oc1cccnc1)Nc1ccc(Br)cc1. The van der Waals surface area contributed by atoms with E-state index < -0.39 is 18.5 Å². The zero-order chi connectivity index (χ0) is 19.1. The van der Waals surface area contributed by atoms with E-state index in [-0.39, 0.29) is 11.4 Å². The molecule has 2 aromatic heterocycles. The molecule has 3 rings (SSSR count). The number of aromatic nitrogens is 2.